The Morgan fingerprint density at radius 3 is 2.44 bits per heavy atom. The Morgan fingerprint density at radius 1 is 0.976 bits per heavy atom. The van der Waals surface area contributed by atoms with Gasteiger partial charge in [-0.25, -0.2) is 15.0 Å². The number of carbonyl (C=O) groups is 1. The van der Waals surface area contributed by atoms with E-state index < -0.39 is 17.2 Å². The minimum absolute atomic E-state index is 0.0178. The van der Waals surface area contributed by atoms with E-state index in [9.17, 15) is 18.0 Å². The van der Waals surface area contributed by atoms with Crippen molar-refractivity contribution in [2.45, 2.75) is 38.4 Å². The molecule has 0 aliphatic carbocycles. The lowest BCUT2D eigenvalue weighted by Crippen LogP contribution is -2.23. The van der Waals surface area contributed by atoms with E-state index in [1.165, 1.54) is 12.4 Å². The zero-order valence-electron chi connectivity index (χ0n) is 21.6. The van der Waals surface area contributed by atoms with Gasteiger partial charge in [-0.1, -0.05) is 61.5 Å². The quantitative estimate of drug-likeness (QED) is 0.252. The molecule has 8 nitrogen and oxygen atoms in total. The Balaban J connectivity index is 1.36. The van der Waals surface area contributed by atoms with Crippen LogP contribution < -0.4 is 0 Å². The number of alkyl halides is 3. The molecule has 0 radical (unpaired) electrons. The highest BCUT2D eigenvalue weighted by molar-refractivity contribution is 7.15. The fourth-order valence-corrected chi connectivity index (χ4v) is 5.43. The molecule has 206 valence electrons. The number of rotatable bonds is 6. The van der Waals surface area contributed by atoms with Crippen molar-refractivity contribution in [1.82, 2.24) is 25.1 Å². The van der Waals surface area contributed by atoms with E-state index in [4.69, 9.17) is 9.41 Å². The number of carbonyl (C=O) groups excluding carboxylic acids is 1. The molecule has 2 aromatic carbocycles. The molecule has 1 aliphatic heterocycles. The van der Waals surface area contributed by atoms with Crippen LogP contribution in [0.2, 0.25) is 0 Å². The van der Waals surface area contributed by atoms with Gasteiger partial charge in [-0.2, -0.15) is 13.2 Å². The van der Waals surface area contributed by atoms with Crippen LogP contribution in [0.5, 0.6) is 0 Å². The van der Waals surface area contributed by atoms with Crippen LogP contribution >= 0.6 is 11.3 Å². The fraction of sp³-hybridized carbons (Fsp3) is 0.207. The van der Waals surface area contributed by atoms with E-state index in [1.807, 2.05) is 61.5 Å². The molecule has 4 heterocycles. The van der Waals surface area contributed by atoms with E-state index in [-0.39, 0.29) is 41.0 Å². The van der Waals surface area contributed by atoms with Crippen LogP contribution in [0.25, 0.3) is 22.0 Å². The summed E-state index contributed by atoms with van der Waals surface area (Å²) < 4.78 is 46.6. The van der Waals surface area contributed by atoms with E-state index in [1.54, 1.807) is 0 Å². The Hall–Kier alpha value is -4.58. The summed E-state index contributed by atoms with van der Waals surface area (Å²) in [7, 11) is 0. The van der Waals surface area contributed by atoms with Crippen molar-refractivity contribution in [2.24, 2.45) is 4.99 Å². The lowest BCUT2D eigenvalue weighted by atomic mass is 9.95. The summed E-state index contributed by atoms with van der Waals surface area (Å²) in [5.41, 5.74) is 3.47. The summed E-state index contributed by atoms with van der Waals surface area (Å²) in [6.45, 7) is 1.87. The van der Waals surface area contributed by atoms with Gasteiger partial charge in [-0.3, -0.25) is 9.79 Å². The molecule has 6 rings (SSSR count). The average molecular weight is 575 g/mol. The molecular weight excluding hydrogens is 553 g/mol. The lowest BCUT2D eigenvalue weighted by Gasteiger charge is -2.10. The number of aromatic nitrogens is 5. The molecule has 0 N–H and O–H groups in total. The van der Waals surface area contributed by atoms with Crippen molar-refractivity contribution in [2.75, 3.05) is 0 Å². The summed E-state index contributed by atoms with van der Waals surface area (Å²) in [5.74, 6) is 0.287. The first kappa shape index (κ1) is 26.6. The van der Waals surface area contributed by atoms with Crippen LogP contribution in [0.15, 0.2) is 76.4 Å². The molecule has 1 atom stereocenters. The molecule has 0 saturated heterocycles. The number of aliphatic imine (C=N–C) groups is 1. The number of ketones is 1. The van der Waals surface area contributed by atoms with E-state index >= 15 is 0 Å². The summed E-state index contributed by atoms with van der Waals surface area (Å²) in [6, 6.07) is 16.3. The third-order valence-electron chi connectivity index (χ3n) is 6.53. The van der Waals surface area contributed by atoms with Crippen LogP contribution in [0.4, 0.5) is 13.2 Å². The maximum absolute atomic E-state index is 13.6. The zero-order valence-corrected chi connectivity index (χ0v) is 22.4. The lowest BCUT2D eigenvalue weighted by molar-refractivity contribution is -0.137. The van der Waals surface area contributed by atoms with Crippen molar-refractivity contribution < 1.29 is 22.4 Å². The van der Waals surface area contributed by atoms with Gasteiger partial charge in [-0.05, 0) is 5.56 Å². The molecule has 1 aliphatic rings. The summed E-state index contributed by atoms with van der Waals surface area (Å²) >= 11 is 0.447. The second-order valence-electron chi connectivity index (χ2n) is 9.30. The van der Waals surface area contributed by atoms with Crippen LogP contribution in [0.3, 0.4) is 0 Å². The standard InChI is InChI=1S/C29H21F3N6O2S/c1-2-22-33-14-18(15-34-22)26-25(36-28(41-26)29(30,31)32)27-38-37-23(40-27)13-20-21(39)12-17-10-6-7-11-19(17)24(35-20)16-8-4-3-5-9-16/h3-11,14-15,20H,2,12-13H2,1H3. The van der Waals surface area contributed by atoms with Gasteiger partial charge in [-0.15, -0.1) is 21.5 Å². The number of hydrogen-bond acceptors (Lipinski definition) is 9. The number of fused-ring (bicyclic) bond motifs is 1. The number of thiazole rings is 1. The molecule has 12 heteroatoms. The number of halogens is 3. The van der Waals surface area contributed by atoms with Crippen molar-refractivity contribution >= 4 is 22.8 Å². The number of aryl methyl sites for hydroxylation is 1. The third-order valence-corrected chi connectivity index (χ3v) is 7.68. The number of hydrogen-bond donors (Lipinski definition) is 0. The molecule has 0 bridgehead atoms. The van der Waals surface area contributed by atoms with E-state index in [0.29, 0.717) is 34.9 Å². The van der Waals surface area contributed by atoms with Crippen molar-refractivity contribution in [3.63, 3.8) is 0 Å². The van der Waals surface area contributed by atoms with Gasteiger partial charge in [0.05, 0.1) is 17.0 Å². The minimum Gasteiger partial charge on any atom is -0.419 e. The Labute approximate surface area is 236 Å². The van der Waals surface area contributed by atoms with Crippen molar-refractivity contribution in [1.29, 1.82) is 0 Å². The SMILES string of the molecule is CCc1ncc(-c2sc(C(F)(F)F)nc2-c2nnc(CC3N=C(c4ccccc4)c4ccccc4CC3=O)o2)cn1. The number of nitrogens with zero attached hydrogens (tertiary/aromatic N) is 6. The van der Waals surface area contributed by atoms with Gasteiger partial charge < -0.3 is 4.42 Å². The average Bonchev–Trinajstić information content (AvgIpc) is 3.61. The van der Waals surface area contributed by atoms with Gasteiger partial charge >= 0.3 is 6.18 Å². The topological polar surface area (TPSA) is 107 Å². The van der Waals surface area contributed by atoms with Crippen LogP contribution in [0.1, 0.15) is 40.3 Å². The third kappa shape index (κ3) is 5.42. The van der Waals surface area contributed by atoms with Gasteiger partial charge in [0.1, 0.15) is 17.6 Å². The molecule has 41 heavy (non-hydrogen) atoms. The van der Waals surface area contributed by atoms with Crippen molar-refractivity contribution in [3.8, 4) is 22.0 Å². The van der Waals surface area contributed by atoms with Gasteiger partial charge in [0.15, 0.2) is 10.8 Å². The molecule has 3 aromatic heterocycles. The monoisotopic (exact) mass is 574 g/mol. The summed E-state index contributed by atoms with van der Waals surface area (Å²) in [6.07, 6.45) is -1.05. The largest absolute Gasteiger partial charge is 0.443 e. The predicted octanol–water partition coefficient (Wildman–Crippen LogP) is 5.81. The summed E-state index contributed by atoms with van der Waals surface area (Å²) in [4.78, 5) is 30.5. The van der Waals surface area contributed by atoms with E-state index in [2.05, 4.69) is 25.1 Å². The number of benzene rings is 2. The van der Waals surface area contributed by atoms with Crippen molar-refractivity contribution in [3.05, 3.63) is 100 Å². The van der Waals surface area contributed by atoms with Gasteiger partial charge in [0, 0.05) is 41.9 Å². The molecule has 0 fully saturated rings. The fourth-order valence-electron chi connectivity index (χ4n) is 4.53. The first-order chi connectivity index (χ1) is 19.8. The van der Waals surface area contributed by atoms with Gasteiger partial charge in [0.2, 0.25) is 5.89 Å². The highest BCUT2D eigenvalue weighted by atomic mass is 32.1. The summed E-state index contributed by atoms with van der Waals surface area (Å²) in [5, 5.41) is 6.98. The molecule has 0 saturated carbocycles. The highest BCUT2D eigenvalue weighted by Crippen LogP contribution is 2.42. The highest BCUT2D eigenvalue weighted by Gasteiger charge is 2.37. The zero-order chi connectivity index (χ0) is 28.6. The predicted molar refractivity (Wildman–Crippen MR) is 146 cm³/mol. The second kappa shape index (κ2) is 10.8. The molecule has 0 amide bonds. The normalized spacial score (nSPS) is 15.4. The van der Waals surface area contributed by atoms with Crippen LogP contribution in [-0.4, -0.2) is 42.7 Å². The Bertz CT molecular complexity index is 1750. The maximum Gasteiger partial charge on any atom is 0.443 e. The van der Waals surface area contributed by atoms with E-state index in [0.717, 1.165) is 16.7 Å². The maximum atomic E-state index is 13.6. The molecule has 1 unspecified atom stereocenters. The number of Topliss-reactive ketones (excluding diaryl/α,β-unsaturated/α-hetero) is 1. The second-order valence-corrected chi connectivity index (χ2v) is 10.3. The molecule has 5 aromatic rings. The minimum atomic E-state index is -4.67. The van der Waals surface area contributed by atoms with Crippen LogP contribution in [-0.2, 0) is 30.2 Å². The smallest absolute Gasteiger partial charge is 0.419 e. The Morgan fingerprint density at radius 2 is 1.71 bits per heavy atom. The molecular formula is C29H21F3N6O2S. The molecule has 0 spiro atoms. The first-order valence-corrected chi connectivity index (χ1v) is 13.6. The first-order valence-electron chi connectivity index (χ1n) is 12.8. The Kier molecular flexibility index (Phi) is 7.00. The van der Waals surface area contributed by atoms with Crippen LogP contribution in [0, 0.1) is 0 Å². The van der Waals surface area contributed by atoms with Gasteiger partial charge in [0.25, 0.3) is 5.89 Å².